The smallest absolute Gasteiger partial charge is 0.182 e. The van der Waals surface area contributed by atoms with Gasteiger partial charge in [-0.2, -0.15) is 5.26 Å². The molecule has 92 valence electrons. The molecule has 0 atom stereocenters. The summed E-state index contributed by atoms with van der Waals surface area (Å²) in [5, 5.41) is 8.84. The molecule has 3 aromatic rings. The molecule has 0 fully saturated rings. The van der Waals surface area contributed by atoms with Crippen molar-refractivity contribution in [3.8, 4) is 22.9 Å². The van der Waals surface area contributed by atoms with Crippen molar-refractivity contribution < 1.29 is 9.15 Å². The van der Waals surface area contributed by atoms with Crippen LogP contribution in [0.15, 0.2) is 47.2 Å². The molecule has 1 aromatic heterocycles. The van der Waals surface area contributed by atoms with E-state index in [2.05, 4.69) is 11.1 Å². The molecule has 0 radical (unpaired) electrons. The number of aromatic nitrogens is 1. The summed E-state index contributed by atoms with van der Waals surface area (Å²) < 4.78 is 10.8. The third kappa shape index (κ3) is 1.81. The number of benzene rings is 2. The maximum absolute atomic E-state index is 8.84. The van der Waals surface area contributed by atoms with Gasteiger partial charge >= 0.3 is 0 Å². The number of nitrogens with zero attached hydrogens (tertiary/aromatic N) is 2. The summed E-state index contributed by atoms with van der Waals surface area (Å²) in [5.74, 6) is 0.717. The van der Waals surface area contributed by atoms with E-state index in [0.717, 1.165) is 16.6 Å². The standard InChI is InChI=1S/C15H10N2O2/c1-18-13-7-6-12-15(19-9-17-12)14(13)11-4-2-10(8-16)3-5-11/h2-7,9H,1H3. The third-order valence-corrected chi connectivity index (χ3v) is 2.98. The van der Waals surface area contributed by atoms with E-state index < -0.39 is 0 Å². The van der Waals surface area contributed by atoms with E-state index in [-0.39, 0.29) is 0 Å². The minimum Gasteiger partial charge on any atom is -0.496 e. The van der Waals surface area contributed by atoms with Gasteiger partial charge in [0, 0.05) is 0 Å². The minimum absolute atomic E-state index is 0.618. The molecule has 0 saturated carbocycles. The van der Waals surface area contributed by atoms with E-state index in [1.807, 2.05) is 24.3 Å². The van der Waals surface area contributed by atoms with Gasteiger partial charge in [0.1, 0.15) is 11.3 Å². The van der Waals surface area contributed by atoms with Gasteiger partial charge in [0.2, 0.25) is 0 Å². The lowest BCUT2D eigenvalue weighted by Crippen LogP contribution is -1.89. The number of hydrogen-bond donors (Lipinski definition) is 0. The molecule has 4 nitrogen and oxygen atoms in total. The summed E-state index contributed by atoms with van der Waals surface area (Å²) in [6, 6.07) is 13.1. The predicted octanol–water partition coefficient (Wildman–Crippen LogP) is 3.38. The second-order valence-electron chi connectivity index (χ2n) is 4.03. The summed E-state index contributed by atoms with van der Waals surface area (Å²) in [6.07, 6.45) is 1.41. The topological polar surface area (TPSA) is 59.1 Å². The highest BCUT2D eigenvalue weighted by molar-refractivity contribution is 5.94. The van der Waals surface area contributed by atoms with Crippen LogP contribution in [-0.2, 0) is 0 Å². The largest absolute Gasteiger partial charge is 0.496 e. The monoisotopic (exact) mass is 250 g/mol. The average molecular weight is 250 g/mol. The van der Waals surface area contributed by atoms with Crippen molar-refractivity contribution in [1.29, 1.82) is 5.26 Å². The number of methoxy groups -OCH3 is 1. The molecule has 3 rings (SSSR count). The Balaban J connectivity index is 2.27. The Bertz CT molecular complexity index is 767. The molecule has 1 heterocycles. The number of hydrogen-bond acceptors (Lipinski definition) is 4. The number of rotatable bonds is 2. The zero-order valence-corrected chi connectivity index (χ0v) is 10.3. The summed E-state index contributed by atoms with van der Waals surface area (Å²) in [4.78, 5) is 4.14. The van der Waals surface area contributed by atoms with Gasteiger partial charge in [0.15, 0.2) is 12.0 Å². The van der Waals surface area contributed by atoms with Crippen molar-refractivity contribution in [3.63, 3.8) is 0 Å². The highest BCUT2D eigenvalue weighted by Crippen LogP contribution is 2.36. The van der Waals surface area contributed by atoms with Gasteiger partial charge in [-0.05, 0) is 29.8 Å². The van der Waals surface area contributed by atoms with Gasteiger partial charge in [-0.1, -0.05) is 12.1 Å². The van der Waals surface area contributed by atoms with Crippen molar-refractivity contribution >= 4 is 11.1 Å². The molecular formula is C15H10N2O2. The van der Waals surface area contributed by atoms with E-state index in [1.165, 1.54) is 6.39 Å². The summed E-state index contributed by atoms with van der Waals surface area (Å²) in [6.45, 7) is 0. The van der Waals surface area contributed by atoms with Crippen molar-refractivity contribution in [2.75, 3.05) is 7.11 Å². The van der Waals surface area contributed by atoms with Gasteiger partial charge in [-0.15, -0.1) is 0 Å². The Morgan fingerprint density at radius 2 is 1.95 bits per heavy atom. The van der Waals surface area contributed by atoms with Crippen LogP contribution in [0.25, 0.3) is 22.2 Å². The highest BCUT2D eigenvalue weighted by Gasteiger charge is 2.14. The van der Waals surface area contributed by atoms with E-state index in [1.54, 1.807) is 19.2 Å². The fraction of sp³-hybridized carbons (Fsp3) is 0.0667. The van der Waals surface area contributed by atoms with Gasteiger partial charge in [-0.3, -0.25) is 0 Å². The lowest BCUT2D eigenvalue weighted by atomic mass is 10.0. The summed E-state index contributed by atoms with van der Waals surface area (Å²) >= 11 is 0. The molecule has 0 N–H and O–H groups in total. The Labute approximate surface area is 109 Å². The fourth-order valence-corrected chi connectivity index (χ4v) is 2.07. The van der Waals surface area contributed by atoms with Crippen molar-refractivity contribution in [3.05, 3.63) is 48.4 Å². The van der Waals surface area contributed by atoms with Gasteiger partial charge in [0.25, 0.3) is 0 Å². The molecule has 0 aliphatic rings. The summed E-state index contributed by atoms with van der Waals surface area (Å²) in [5.41, 5.74) is 3.86. The molecule has 0 unspecified atom stereocenters. The van der Waals surface area contributed by atoms with Crippen molar-refractivity contribution in [2.24, 2.45) is 0 Å². The predicted molar refractivity (Wildman–Crippen MR) is 70.7 cm³/mol. The van der Waals surface area contributed by atoms with E-state index in [9.17, 15) is 0 Å². The van der Waals surface area contributed by atoms with Crippen LogP contribution in [-0.4, -0.2) is 12.1 Å². The molecule has 2 aromatic carbocycles. The highest BCUT2D eigenvalue weighted by atomic mass is 16.5. The normalized spacial score (nSPS) is 10.3. The SMILES string of the molecule is COc1ccc2ncoc2c1-c1ccc(C#N)cc1. The molecule has 19 heavy (non-hydrogen) atoms. The van der Waals surface area contributed by atoms with E-state index >= 15 is 0 Å². The molecule has 0 bridgehead atoms. The Morgan fingerprint density at radius 1 is 1.16 bits per heavy atom. The quantitative estimate of drug-likeness (QED) is 0.699. The third-order valence-electron chi connectivity index (χ3n) is 2.98. The van der Waals surface area contributed by atoms with Gasteiger partial charge in [-0.25, -0.2) is 4.98 Å². The zero-order valence-electron chi connectivity index (χ0n) is 10.3. The lowest BCUT2D eigenvalue weighted by molar-refractivity contribution is 0.416. The zero-order chi connectivity index (χ0) is 13.2. The first-order valence-electron chi connectivity index (χ1n) is 5.74. The molecule has 0 spiro atoms. The van der Waals surface area contributed by atoms with Crippen LogP contribution < -0.4 is 4.74 Å². The first-order chi connectivity index (χ1) is 9.33. The maximum Gasteiger partial charge on any atom is 0.182 e. The van der Waals surface area contributed by atoms with Crippen molar-refractivity contribution in [1.82, 2.24) is 4.98 Å². The second kappa shape index (κ2) is 4.46. The number of oxazole rings is 1. The molecule has 0 aliphatic heterocycles. The Morgan fingerprint density at radius 3 is 2.63 bits per heavy atom. The van der Waals surface area contributed by atoms with E-state index in [0.29, 0.717) is 16.9 Å². The van der Waals surface area contributed by atoms with Crippen molar-refractivity contribution in [2.45, 2.75) is 0 Å². The van der Waals surface area contributed by atoms with Gasteiger partial charge < -0.3 is 9.15 Å². The Hall–Kier alpha value is -2.80. The molecule has 0 aliphatic carbocycles. The van der Waals surface area contributed by atoms with Crippen LogP contribution in [0.4, 0.5) is 0 Å². The van der Waals surface area contributed by atoms with E-state index in [4.69, 9.17) is 14.4 Å². The average Bonchev–Trinajstić information content (AvgIpc) is 2.94. The molecule has 0 amide bonds. The number of fused-ring (bicyclic) bond motifs is 1. The first kappa shape index (κ1) is 11.3. The van der Waals surface area contributed by atoms with Crippen LogP contribution in [0.1, 0.15) is 5.56 Å². The number of ether oxygens (including phenoxy) is 1. The summed E-state index contributed by atoms with van der Waals surface area (Å²) in [7, 11) is 1.62. The lowest BCUT2D eigenvalue weighted by Gasteiger charge is -2.08. The van der Waals surface area contributed by atoms with Crippen LogP contribution in [0.5, 0.6) is 5.75 Å². The van der Waals surface area contributed by atoms with Crippen LogP contribution >= 0.6 is 0 Å². The maximum atomic E-state index is 8.84. The van der Waals surface area contributed by atoms with Crippen LogP contribution in [0.2, 0.25) is 0 Å². The van der Waals surface area contributed by atoms with Gasteiger partial charge in [0.05, 0.1) is 24.3 Å². The van der Waals surface area contributed by atoms with Crippen LogP contribution in [0.3, 0.4) is 0 Å². The molecular weight excluding hydrogens is 240 g/mol. The van der Waals surface area contributed by atoms with Crippen LogP contribution in [0, 0.1) is 11.3 Å². The molecule has 0 saturated heterocycles. The molecule has 4 heteroatoms. The number of nitriles is 1. The Kier molecular flexibility index (Phi) is 2.66. The minimum atomic E-state index is 0.618. The fourth-order valence-electron chi connectivity index (χ4n) is 2.07. The first-order valence-corrected chi connectivity index (χ1v) is 5.74. The second-order valence-corrected chi connectivity index (χ2v) is 4.03.